The van der Waals surface area contributed by atoms with Crippen LogP contribution in [0.1, 0.15) is 23.7 Å². The van der Waals surface area contributed by atoms with Crippen molar-refractivity contribution in [3.63, 3.8) is 0 Å². The summed E-state index contributed by atoms with van der Waals surface area (Å²) >= 11 is 1.41. The second kappa shape index (κ2) is 10.1. The average Bonchev–Trinajstić information content (AvgIpc) is 3.10. The Morgan fingerprint density at radius 2 is 2.30 bits per heavy atom. The third kappa shape index (κ3) is 6.42. The zero-order chi connectivity index (χ0) is 18.9. The molecule has 0 atom stereocenters. The predicted octanol–water partition coefficient (Wildman–Crippen LogP) is 2.53. The van der Waals surface area contributed by atoms with Crippen molar-refractivity contribution in [1.82, 2.24) is 9.88 Å². The first-order chi connectivity index (χ1) is 13.2. The van der Waals surface area contributed by atoms with Gasteiger partial charge in [0.2, 0.25) is 5.13 Å². The van der Waals surface area contributed by atoms with Crippen LogP contribution in [0.25, 0.3) is 0 Å². The Morgan fingerprint density at radius 3 is 3.11 bits per heavy atom. The largest absolute Gasteiger partial charge is 0.466 e. The summed E-state index contributed by atoms with van der Waals surface area (Å²) in [6.07, 6.45) is 1.95. The number of thiazole rings is 1. The minimum Gasteiger partial charge on any atom is -0.466 e. The normalized spacial score (nSPS) is 15.1. The summed E-state index contributed by atoms with van der Waals surface area (Å²) in [4.78, 5) is 18.2. The molecule has 0 saturated carbocycles. The topological polar surface area (TPSA) is 76.0 Å². The van der Waals surface area contributed by atoms with Crippen LogP contribution in [0.3, 0.4) is 0 Å². The highest BCUT2D eigenvalue weighted by Crippen LogP contribution is 2.16. The number of hydrogen-bond donors (Lipinski definition) is 1. The van der Waals surface area contributed by atoms with Crippen molar-refractivity contribution in [2.75, 3.05) is 38.3 Å². The van der Waals surface area contributed by atoms with E-state index in [4.69, 9.17) is 9.47 Å². The number of hydrogen-bond acceptors (Lipinski definition) is 8. The molecule has 1 aromatic heterocycles. The van der Waals surface area contributed by atoms with Gasteiger partial charge in [0.25, 0.3) is 0 Å². The maximum atomic E-state index is 11.5. The molecular formula is C19H24N4O3S. The fourth-order valence-corrected chi connectivity index (χ4v) is 3.41. The molecule has 8 heteroatoms. The summed E-state index contributed by atoms with van der Waals surface area (Å²) in [5, 5.41) is 6.73. The second-order valence-corrected chi connectivity index (χ2v) is 6.99. The van der Waals surface area contributed by atoms with E-state index in [1.807, 2.05) is 17.5 Å². The Morgan fingerprint density at radius 1 is 1.44 bits per heavy atom. The van der Waals surface area contributed by atoms with Crippen LogP contribution in [0, 0.1) is 0 Å². The van der Waals surface area contributed by atoms with Crippen molar-refractivity contribution in [2.45, 2.75) is 19.9 Å². The number of hydrazone groups is 1. The number of benzene rings is 1. The highest BCUT2D eigenvalue weighted by atomic mass is 32.1. The third-order valence-electron chi connectivity index (χ3n) is 4.02. The SMILES string of the molecule is CCOC(=O)Cc1csc(NN=Cc2cccc(CN3CCOCC3)c2)n1. The van der Waals surface area contributed by atoms with Crippen LogP contribution in [-0.2, 0) is 27.2 Å². The van der Waals surface area contributed by atoms with Crippen LogP contribution >= 0.6 is 11.3 Å². The number of aromatic nitrogens is 1. The van der Waals surface area contributed by atoms with Gasteiger partial charge in [0.05, 0.1) is 38.1 Å². The van der Waals surface area contributed by atoms with Crippen LogP contribution in [0.15, 0.2) is 34.7 Å². The van der Waals surface area contributed by atoms with Gasteiger partial charge in [-0.2, -0.15) is 5.10 Å². The molecule has 1 fully saturated rings. The molecule has 0 aliphatic carbocycles. The molecule has 1 aromatic carbocycles. The number of morpholine rings is 1. The molecule has 2 aromatic rings. The molecule has 0 spiro atoms. The lowest BCUT2D eigenvalue weighted by molar-refractivity contribution is -0.142. The summed E-state index contributed by atoms with van der Waals surface area (Å²) in [5.41, 5.74) is 5.88. The molecule has 2 heterocycles. The lowest BCUT2D eigenvalue weighted by atomic mass is 10.1. The smallest absolute Gasteiger partial charge is 0.311 e. The number of carbonyl (C=O) groups excluding carboxylic acids is 1. The molecule has 3 rings (SSSR count). The lowest BCUT2D eigenvalue weighted by Crippen LogP contribution is -2.35. The molecule has 1 N–H and O–H groups in total. The van der Waals surface area contributed by atoms with E-state index in [1.165, 1.54) is 16.9 Å². The molecule has 1 aliphatic rings. The van der Waals surface area contributed by atoms with Gasteiger partial charge in [-0.1, -0.05) is 18.2 Å². The van der Waals surface area contributed by atoms with Gasteiger partial charge in [-0.3, -0.25) is 15.1 Å². The number of nitrogens with zero attached hydrogens (tertiary/aromatic N) is 3. The predicted molar refractivity (Wildman–Crippen MR) is 106 cm³/mol. The third-order valence-corrected chi connectivity index (χ3v) is 4.81. The second-order valence-electron chi connectivity index (χ2n) is 6.13. The zero-order valence-corrected chi connectivity index (χ0v) is 16.2. The van der Waals surface area contributed by atoms with E-state index < -0.39 is 0 Å². The number of esters is 1. The number of rotatable bonds is 8. The Labute approximate surface area is 163 Å². The van der Waals surface area contributed by atoms with E-state index in [-0.39, 0.29) is 12.4 Å². The standard InChI is InChI=1S/C19H24N4O3S/c1-2-26-18(24)11-17-14-27-19(21-17)22-20-12-15-4-3-5-16(10-15)13-23-6-8-25-9-7-23/h3-5,10,12,14H,2,6-9,11,13H2,1H3,(H,21,22). The Bertz CT molecular complexity index is 772. The average molecular weight is 388 g/mol. The molecule has 144 valence electrons. The molecule has 0 radical (unpaired) electrons. The Balaban J connectivity index is 1.51. The first-order valence-electron chi connectivity index (χ1n) is 9.01. The van der Waals surface area contributed by atoms with Gasteiger partial charge < -0.3 is 9.47 Å². The molecule has 1 saturated heterocycles. The van der Waals surface area contributed by atoms with Crippen molar-refractivity contribution in [1.29, 1.82) is 0 Å². The van der Waals surface area contributed by atoms with E-state index in [1.54, 1.807) is 13.1 Å². The van der Waals surface area contributed by atoms with Gasteiger partial charge in [0.15, 0.2) is 0 Å². The zero-order valence-electron chi connectivity index (χ0n) is 15.4. The van der Waals surface area contributed by atoms with Crippen LogP contribution in [0.2, 0.25) is 0 Å². The van der Waals surface area contributed by atoms with Gasteiger partial charge in [-0.25, -0.2) is 4.98 Å². The van der Waals surface area contributed by atoms with E-state index in [9.17, 15) is 4.79 Å². The summed E-state index contributed by atoms with van der Waals surface area (Å²) in [7, 11) is 0. The first-order valence-corrected chi connectivity index (χ1v) is 9.89. The number of carbonyl (C=O) groups is 1. The highest BCUT2D eigenvalue weighted by Gasteiger charge is 2.10. The molecular weight excluding hydrogens is 364 g/mol. The van der Waals surface area contributed by atoms with Gasteiger partial charge in [-0.15, -0.1) is 11.3 Å². The minimum absolute atomic E-state index is 0.180. The molecule has 1 aliphatic heterocycles. The summed E-state index contributed by atoms with van der Waals surface area (Å²) in [6.45, 7) is 6.63. The van der Waals surface area contributed by atoms with E-state index in [0.29, 0.717) is 17.4 Å². The first kappa shape index (κ1) is 19.5. The van der Waals surface area contributed by atoms with Gasteiger partial charge in [-0.05, 0) is 24.1 Å². The highest BCUT2D eigenvalue weighted by molar-refractivity contribution is 7.13. The fraction of sp³-hybridized carbons (Fsp3) is 0.421. The lowest BCUT2D eigenvalue weighted by Gasteiger charge is -2.26. The fourth-order valence-electron chi connectivity index (χ4n) is 2.75. The molecule has 7 nitrogen and oxygen atoms in total. The van der Waals surface area contributed by atoms with Crippen LogP contribution in [-0.4, -0.2) is 55.0 Å². The van der Waals surface area contributed by atoms with E-state index >= 15 is 0 Å². The molecule has 0 unspecified atom stereocenters. The quantitative estimate of drug-likeness (QED) is 0.425. The van der Waals surface area contributed by atoms with E-state index in [2.05, 4.69) is 32.5 Å². The molecule has 0 bridgehead atoms. The van der Waals surface area contributed by atoms with Gasteiger partial charge >= 0.3 is 5.97 Å². The van der Waals surface area contributed by atoms with Crippen molar-refractivity contribution < 1.29 is 14.3 Å². The monoisotopic (exact) mass is 388 g/mol. The number of anilines is 1. The molecule has 0 amide bonds. The summed E-state index contributed by atoms with van der Waals surface area (Å²) < 4.78 is 10.3. The number of ether oxygens (including phenoxy) is 2. The number of nitrogens with one attached hydrogen (secondary N) is 1. The maximum Gasteiger partial charge on any atom is 0.311 e. The van der Waals surface area contributed by atoms with Crippen molar-refractivity contribution in [3.05, 3.63) is 46.5 Å². The van der Waals surface area contributed by atoms with Crippen molar-refractivity contribution in [2.24, 2.45) is 5.10 Å². The van der Waals surface area contributed by atoms with Crippen molar-refractivity contribution >= 4 is 28.7 Å². The van der Waals surface area contributed by atoms with Gasteiger partial charge in [0.1, 0.15) is 0 Å². The van der Waals surface area contributed by atoms with E-state index in [0.717, 1.165) is 38.4 Å². The van der Waals surface area contributed by atoms with Gasteiger partial charge in [0, 0.05) is 25.0 Å². The van der Waals surface area contributed by atoms with Crippen LogP contribution < -0.4 is 5.43 Å². The van der Waals surface area contributed by atoms with Crippen LogP contribution in [0.4, 0.5) is 5.13 Å². The summed E-state index contributed by atoms with van der Waals surface area (Å²) in [5.74, 6) is -0.269. The Kier molecular flexibility index (Phi) is 7.32. The maximum absolute atomic E-state index is 11.5. The van der Waals surface area contributed by atoms with Crippen molar-refractivity contribution in [3.8, 4) is 0 Å². The minimum atomic E-state index is -0.269. The summed E-state index contributed by atoms with van der Waals surface area (Å²) in [6, 6.07) is 8.32. The Hall–Kier alpha value is -2.29. The van der Waals surface area contributed by atoms with Crippen LogP contribution in [0.5, 0.6) is 0 Å². The molecule has 27 heavy (non-hydrogen) atoms.